The molecule has 1 aromatic carbocycles. The summed E-state index contributed by atoms with van der Waals surface area (Å²) in [5.74, 6) is 1.98. The summed E-state index contributed by atoms with van der Waals surface area (Å²) in [6.07, 6.45) is 5.80. The Labute approximate surface area is 105 Å². The van der Waals surface area contributed by atoms with Gasteiger partial charge in [-0.3, -0.25) is 0 Å². The number of nitrogens with one attached hydrogen (secondary N) is 1. The van der Waals surface area contributed by atoms with Crippen molar-refractivity contribution in [2.24, 2.45) is 11.8 Å². The minimum Gasteiger partial charge on any atom is -0.382 e. The molecule has 2 fully saturated rings. The van der Waals surface area contributed by atoms with Gasteiger partial charge in [-0.2, -0.15) is 0 Å². The zero-order valence-electron chi connectivity index (χ0n) is 8.75. The van der Waals surface area contributed by atoms with Crippen LogP contribution in [-0.4, -0.2) is 6.04 Å². The number of hydrogen-bond donors (Lipinski definition) is 1. The molecular weight excluding hydrogens is 297 g/mol. The van der Waals surface area contributed by atoms with Gasteiger partial charge in [0.2, 0.25) is 0 Å². The van der Waals surface area contributed by atoms with E-state index in [-0.39, 0.29) is 0 Å². The molecule has 2 bridgehead atoms. The van der Waals surface area contributed by atoms with Crippen molar-refractivity contribution in [2.45, 2.75) is 31.7 Å². The predicted molar refractivity (Wildman–Crippen MR) is 72.0 cm³/mol. The molecule has 0 aliphatic heterocycles. The largest absolute Gasteiger partial charge is 0.382 e. The SMILES string of the molecule is Ic1cccc(NC2CC3CCC2C3)c1. The number of benzene rings is 1. The van der Waals surface area contributed by atoms with Crippen LogP contribution in [0.4, 0.5) is 5.69 Å². The number of fused-ring (bicyclic) bond motifs is 2. The third-order valence-corrected chi connectivity index (χ3v) is 4.59. The van der Waals surface area contributed by atoms with Crippen LogP contribution in [0.3, 0.4) is 0 Å². The fourth-order valence-electron chi connectivity index (χ4n) is 3.21. The zero-order chi connectivity index (χ0) is 10.3. The predicted octanol–water partition coefficient (Wildman–Crippen LogP) is 3.89. The Morgan fingerprint density at radius 1 is 1.20 bits per heavy atom. The molecule has 0 radical (unpaired) electrons. The van der Waals surface area contributed by atoms with E-state index >= 15 is 0 Å². The number of hydrogen-bond acceptors (Lipinski definition) is 1. The first-order valence-corrected chi connectivity index (χ1v) is 6.91. The maximum absolute atomic E-state index is 3.71. The van der Waals surface area contributed by atoms with Crippen molar-refractivity contribution < 1.29 is 0 Å². The van der Waals surface area contributed by atoms with E-state index in [1.165, 1.54) is 34.9 Å². The second kappa shape index (κ2) is 3.96. The van der Waals surface area contributed by atoms with E-state index in [1.807, 2.05) is 0 Å². The first-order chi connectivity index (χ1) is 7.31. The molecular formula is C13H16IN. The molecule has 2 heteroatoms. The molecule has 0 heterocycles. The zero-order valence-corrected chi connectivity index (χ0v) is 10.9. The summed E-state index contributed by atoms with van der Waals surface area (Å²) >= 11 is 2.38. The van der Waals surface area contributed by atoms with Crippen molar-refractivity contribution in [1.82, 2.24) is 0 Å². The van der Waals surface area contributed by atoms with Gasteiger partial charge < -0.3 is 5.32 Å². The van der Waals surface area contributed by atoms with Crippen LogP contribution in [0.1, 0.15) is 25.7 Å². The molecule has 80 valence electrons. The van der Waals surface area contributed by atoms with Crippen molar-refractivity contribution in [1.29, 1.82) is 0 Å². The molecule has 3 unspecified atom stereocenters. The number of halogens is 1. The molecule has 3 rings (SSSR count). The average molecular weight is 313 g/mol. The van der Waals surface area contributed by atoms with Gasteiger partial charge in [0.25, 0.3) is 0 Å². The molecule has 3 atom stereocenters. The van der Waals surface area contributed by atoms with Crippen molar-refractivity contribution >= 4 is 28.3 Å². The lowest BCUT2D eigenvalue weighted by Gasteiger charge is -2.24. The maximum atomic E-state index is 3.71. The van der Waals surface area contributed by atoms with Gasteiger partial charge in [-0.05, 0) is 71.9 Å². The van der Waals surface area contributed by atoms with Crippen molar-refractivity contribution in [3.05, 3.63) is 27.8 Å². The molecule has 1 aromatic rings. The monoisotopic (exact) mass is 313 g/mol. The Morgan fingerprint density at radius 3 is 2.80 bits per heavy atom. The molecule has 0 spiro atoms. The number of anilines is 1. The van der Waals surface area contributed by atoms with Gasteiger partial charge >= 0.3 is 0 Å². The van der Waals surface area contributed by atoms with E-state index in [2.05, 4.69) is 52.2 Å². The Balaban J connectivity index is 1.71. The fraction of sp³-hybridized carbons (Fsp3) is 0.538. The van der Waals surface area contributed by atoms with E-state index in [9.17, 15) is 0 Å². The number of rotatable bonds is 2. The van der Waals surface area contributed by atoms with Crippen LogP contribution in [0.25, 0.3) is 0 Å². The molecule has 2 saturated carbocycles. The van der Waals surface area contributed by atoms with Gasteiger partial charge in [0.1, 0.15) is 0 Å². The highest BCUT2D eigenvalue weighted by molar-refractivity contribution is 14.1. The highest BCUT2D eigenvalue weighted by Gasteiger charge is 2.39. The lowest BCUT2D eigenvalue weighted by molar-refractivity contribution is 0.440. The highest BCUT2D eigenvalue weighted by Crippen LogP contribution is 2.45. The summed E-state index contributed by atoms with van der Waals surface area (Å²) in [4.78, 5) is 0. The average Bonchev–Trinajstić information content (AvgIpc) is 2.79. The van der Waals surface area contributed by atoms with Crippen molar-refractivity contribution in [3.63, 3.8) is 0 Å². The van der Waals surface area contributed by atoms with Gasteiger partial charge in [-0.25, -0.2) is 0 Å². The van der Waals surface area contributed by atoms with Crippen LogP contribution in [-0.2, 0) is 0 Å². The fourth-order valence-corrected chi connectivity index (χ4v) is 3.76. The standard InChI is InChI=1S/C13H16IN/c14-11-2-1-3-12(8-11)15-13-7-9-4-5-10(13)6-9/h1-3,8-10,13,15H,4-7H2. The summed E-state index contributed by atoms with van der Waals surface area (Å²) in [5, 5.41) is 3.71. The Kier molecular flexibility index (Phi) is 2.63. The van der Waals surface area contributed by atoms with E-state index < -0.39 is 0 Å². The van der Waals surface area contributed by atoms with Crippen molar-refractivity contribution in [2.75, 3.05) is 5.32 Å². The first-order valence-electron chi connectivity index (χ1n) is 5.83. The summed E-state index contributed by atoms with van der Waals surface area (Å²) in [5.41, 5.74) is 1.31. The van der Waals surface area contributed by atoms with Crippen LogP contribution in [0.5, 0.6) is 0 Å². The van der Waals surface area contributed by atoms with Crippen molar-refractivity contribution in [3.8, 4) is 0 Å². The first kappa shape index (κ1) is 9.94. The Bertz CT molecular complexity index is 363. The molecule has 0 amide bonds. The molecule has 15 heavy (non-hydrogen) atoms. The molecule has 0 saturated heterocycles. The van der Waals surface area contributed by atoms with Crippen LogP contribution in [0.15, 0.2) is 24.3 Å². The topological polar surface area (TPSA) is 12.0 Å². The molecule has 2 aliphatic rings. The van der Waals surface area contributed by atoms with Gasteiger partial charge in [-0.15, -0.1) is 0 Å². The molecule has 1 nitrogen and oxygen atoms in total. The lowest BCUT2D eigenvalue weighted by atomic mass is 9.95. The highest BCUT2D eigenvalue weighted by atomic mass is 127. The van der Waals surface area contributed by atoms with Gasteiger partial charge in [0.15, 0.2) is 0 Å². The van der Waals surface area contributed by atoms with E-state index in [0.29, 0.717) is 0 Å². The minimum absolute atomic E-state index is 0.752. The second-order valence-electron chi connectivity index (χ2n) is 4.94. The van der Waals surface area contributed by atoms with Gasteiger partial charge in [0.05, 0.1) is 0 Å². The third kappa shape index (κ3) is 2.01. The Hall–Kier alpha value is -0.250. The quantitative estimate of drug-likeness (QED) is 0.817. The summed E-state index contributed by atoms with van der Waals surface area (Å²) in [6, 6.07) is 9.46. The van der Waals surface area contributed by atoms with Crippen LogP contribution in [0, 0.1) is 15.4 Å². The molecule has 2 aliphatic carbocycles. The third-order valence-electron chi connectivity index (χ3n) is 3.91. The smallest absolute Gasteiger partial charge is 0.0353 e. The van der Waals surface area contributed by atoms with E-state index in [0.717, 1.165) is 17.9 Å². The van der Waals surface area contributed by atoms with Crippen LogP contribution in [0.2, 0.25) is 0 Å². The van der Waals surface area contributed by atoms with Crippen LogP contribution >= 0.6 is 22.6 Å². The van der Waals surface area contributed by atoms with E-state index in [4.69, 9.17) is 0 Å². The lowest BCUT2D eigenvalue weighted by Crippen LogP contribution is -2.25. The molecule has 1 N–H and O–H groups in total. The second-order valence-corrected chi connectivity index (χ2v) is 6.18. The minimum atomic E-state index is 0.752. The van der Waals surface area contributed by atoms with E-state index in [1.54, 1.807) is 0 Å². The maximum Gasteiger partial charge on any atom is 0.0353 e. The van der Waals surface area contributed by atoms with Gasteiger partial charge in [0, 0.05) is 15.3 Å². The Morgan fingerprint density at radius 2 is 2.13 bits per heavy atom. The summed E-state index contributed by atoms with van der Waals surface area (Å²) < 4.78 is 1.32. The summed E-state index contributed by atoms with van der Waals surface area (Å²) in [7, 11) is 0. The van der Waals surface area contributed by atoms with Crippen LogP contribution < -0.4 is 5.32 Å². The van der Waals surface area contributed by atoms with Gasteiger partial charge in [-0.1, -0.05) is 12.5 Å². The molecule has 0 aromatic heterocycles. The normalized spacial score (nSPS) is 33.3. The summed E-state index contributed by atoms with van der Waals surface area (Å²) in [6.45, 7) is 0.